The number of halogens is 1. The first-order valence-electron chi connectivity index (χ1n) is 3.59. The predicted octanol–water partition coefficient (Wildman–Crippen LogP) is 1.78. The van der Waals surface area contributed by atoms with Gasteiger partial charge < -0.3 is 4.98 Å². The van der Waals surface area contributed by atoms with Crippen LogP contribution in [0.1, 0.15) is 0 Å². The SMILES string of the molecule is O=S(=O)(Cl)c1cc(S)c2nc[nH]c2c1. The third kappa shape index (κ3) is 1.60. The maximum Gasteiger partial charge on any atom is 0.261 e. The van der Waals surface area contributed by atoms with E-state index >= 15 is 0 Å². The summed E-state index contributed by atoms with van der Waals surface area (Å²) in [6.45, 7) is 0. The van der Waals surface area contributed by atoms with E-state index < -0.39 is 9.05 Å². The molecule has 0 fully saturated rings. The number of rotatable bonds is 1. The highest BCUT2D eigenvalue weighted by atomic mass is 35.7. The molecule has 2 aromatic rings. The van der Waals surface area contributed by atoms with Gasteiger partial charge in [-0.05, 0) is 12.1 Å². The van der Waals surface area contributed by atoms with E-state index in [2.05, 4.69) is 22.6 Å². The molecule has 0 saturated heterocycles. The van der Waals surface area contributed by atoms with E-state index in [0.29, 0.717) is 15.9 Å². The molecule has 0 atom stereocenters. The van der Waals surface area contributed by atoms with Gasteiger partial charge in [0.15, 0.2) is 0 Å². The van der Waals surface area contributed by atoms with Gasteiger partial charge in [-0.15, -0.1) is 12.6 Å². The number of nitrogens with zero attached hydrogens (tertiary/aromatic N) is 1. The van der Waals surface area contributed by atoms with Crippen molar-refractivity contribution >= 4 is 43.4 Å². The summed E-state index contributed by atoms with van der Waals surface area (Å²) in [7, 11) is 1.48. The van der Waals surface area contributed by atoms with E-state index in [1.54, 1.807) is 0 Å². The first-order valence-corrected chi connectivity index (χ1v) is 6.35. The Morgan fingerprint density at radius 1 is 1.43 bits per heavy atom. The van der Waals surface area contributed by atoms with Gasteiger partial charge in [0.05, 0.1) is 16.7 Å². The first-order chi connectivity index (χ1) is 6.48. The van der Waals surface area contributed by atoms with Crippen molar-refractivity contribution in [3.05, 3.63) is 18.5 Å². The highest BCUT2D eigenvalue weighted by molar-refractivity contribution is 8.13. The highest BCUT2D eigenvalue weighted by Crippen LogP contribution is 2.25. The van der Waals surface area contributed by atoms with Crippen LogP contribution in [-0.2, 0) is 9.05 Å². The number of nitrogens with one attached hydrogen (secondary N) is 1. The summed E-state index contributed by atoms with van der Waals surface area (Å²) in [5, 5.41) is 0. The number of aromatic amines is 1. The lowest BCUT2D eigenvalue weighted by molar-refractivity contribution is 0.609. The van der Waals surface area contributed by atoms with Crippen LogP contribution < -0.4 is 0 Å². The number of imidazole rings is 1. The Balaban J connectivity index is 2.83. The molecule has 0 saturated carbocycles. The summed E-state index contributed by atoms with van der Waals surface area (Å²) < 4.78 is 22.1. The predicted molar refractivity (Wildman–Crippen MR) is 56.4 cm³/mol. The van der Waals surface area contributed by atoms with Crippen molar-refractivity contribution in [3.63, 3.8) is 0 Å². The van der Waals surface area contributed by atoms with Gasteiger partial charge in [-0.3, -0.25) is 0 Å². The first kappa shape index (κ1) is 9.82. The third-order valence-electron chi connectivity index (χ3n) is 1.76. The average Bonchev–Trinajstić information content (AvgIpc) is 2.50. The second-order valence-electron chi connectivity index (χ2n) is 2.68. The molecule has 1 N–H and O–H groups in total. The lowest BCUT2D eigenvalue weighted by Crippen LogP contribution is -1.90. The van der Waals surface area contributed by atoms with Gasteiger partial charge >= 0.3 is 0 Å². The van der Waals surface area contributed by atoms with Crippen LogP contribution in [0.5, 0.6) is 0 Å². The topological polar surface area (TPSA) is 62.8 Å². The molecular weight excluding hydrogens is 244 g/mol. The molecule has 7 heteroatoms. The minimum atomic E-state index is -3.72. The van der Waals surface area contributed by atoms with Gasteiger partial charge in [-0.1, -0.05) is 0 Å². The van der Waals surface area contributed by atoms with Gasteiger partial charge in [0.2, 0.25) is 0 Å². The Morgan fingerprint density at radius 2 is 2.14 bits per heavy atom. The normalized spacial score (nSPS) is 12.1. The van der Waals surface area contributed by atoms with E-state index in [9.17, 15) is 8.42 Å². The second kappa shape index (κ2) is 3.15. The van der Waals surface area contributed by atoms with Crippen LogP contribution >= 0.6 is 23.3 Å². The number of fused-ring (bicyclic) bond motifs is 1. The summed E-state index contributed by atoms with van der Waals surface area (Å²) in [6, 6.07) is 2.79. The largest absolute Gasteiger partial charge is 0.345 e. The second-order valence-corrected chi connectivity index (χ2v) is 5.73. The zero-order chi connectivity index (χ0) is 10.3. The molecule has 1 aromatic heterocycles. The molecule has 0 bridgehead atoms. The number of thiol groups is 1. The molecule has 0 unspecified atom stereocenters. The molecule has 0 aliphatic heterocycles. The van der Waals surface area contributed by atoms with Crippen molar-refractivity contribution in [1.82, 2.24) is 9.97 Å². The van der Waals surface area contributed by atoms with E-state index in [4.69, 9.17) is 10.7 Å². The fourth-order valence-electron chi connectivity index (χ4n) is 1.15. The average molecular weight is 249 g/mol. The van der Waals surface area contributed by atoms with Crippen molar-refractivity contribution in [2.24, 2.45) is 0 Å². The van der Waals surface area contributed by atoms with Crippen molar-refractivity contribution in [3.8, 4) is 0 Å². The Morgan fingerprint density at radius 3 is 2.79 bits per heavy atom. The zero-order valence-electron chi connectivity index (χ0n) is 6.73. The molecule has 0 amide bonds. The molecule has 0 radical (unpaired) electrons. The van der Waals surface area contributed by atoms with Crippen molar-refractivity contribution < 1.29 is 8.42 Å². The molecule has 1 aromatic carbocycles. The number of hydrogen-bond acceptors (Lipinski definition) is 4. The lowest BCUT2D eigenvalue weighted by atomic mass is 10.3. The van der Waals surface area contributed by atoms with E-state index in [1.165, 1.54) is 18.5 Å². The minimum Gasteiger partial charge on any atom is -0.345 e. The van der Waals surface area contributed by atoms with Crippen LogP contribution in [0.15, 0.2) is 28.3 Å². The molecule has 0 aliphatic rings. The summed E-state index contributed by atoms with van der Waals surface area (Å²) in [5.41, 5.74) is 1.22. The zero-order valence-corrected chi connectivity index (χ0v) is 9.20. The molecular formula is C7H5ClN2O2S2. The van der Waals surface area contributed by atoms with Crippen LogP contribution in [0.4, 0.5) is 0 Å². The molecule has 0 aliphatic carbocycles. The van der Waals surface area contributed by atoms with E-state index in [0.717, 1.165) is 0 Å². The lowest BCUT2D eigenvalue weighted by Gasteiger charge is -1.98. The van der Waals surface area contributed by atoms with Crippen molar-refractivity contribution in [2.45, 2.75) is 9.79 Å². The molecule has 74 valence electrons. The molecule has 1 heterocycles. The fourth-order valence-corrected chi connectivity index (χ4v) is 2.34. The van der Waals surface area contributed by atoms with Crippen LogP contribution in [-0.4, -0.2) is 18.4 Å². The van der Waals surface area contributed by atoms with E-state index in [-0.39, 0.29) is 4.90 Å². The highest BCUT2D eigenvalue weighted by Gasteiger charge is 2.13. The summed E-state index contributed by atoms with van der Waals surface area (Å²) in [6.07, 6.45) is 1.47. The number of benzene rings is 1. The Bertz CT molecular complexity index is 591. The fraction of sp³-hybridized carbons (Fsp3) is 0. The number of H-pyrrole nitrogens is 1. The molecule has 0 spiro atoms. The smallest absolute Gasteiger partial charge is 0.261 e. The number of hydrogen-bond donors (Lipinski definition) is 2. The van der Waals surface area contributed by atoms with Gasteiger partial charge in [0, 0.05) is 15.6 Å². The van der Waals surface area contributed by atoms with Crippen LogP contribution in [0.25, 0.3) is 11.0 Å². The third-order valence-corrected chi connectivity index (χ3v) is 3.43. The Hall–Kier alpha value is -0.720. The van der Waals surface area contributed by atoms with Crippen LogP contribution in [0.3, 0.4) is 0 Å². The van der Waals surface area contributed by atoms with Crippen LogP contribution in [0, 0.1) is 0 Å². The summed E-state index contributed by atoms with van der Waals surface area (Å²) >= 11 is 4.11. The molecule has 2 rings (SSSR count). The van der Waals surface area contributed by atoms with Gasteiger partial charge in [-0.2, -0.15) is 0 Å². The minimum absolute atomic E-state index is 0.0147. The van der Waals surface area contributed by atoms with Gasteiger partial charge in [0.1, 0.15) is 5.52 Å². The van der Waals surface area contributed by atoms with Gasteiger partial charge in [0.25, 0.3) is 9.05 Å². The Kier molecular flexibility index (Phi) is 2.21. The van der Waals surface area contributed by atoms with Gasteiger partial charge in [-0.25, -0.2) is 13.4 Å². The Labute approximate surface area is 90.1 Å². The molecule has 4 nitrogen and oxygen atoms in total. The number of aromatic nitrogens is 2. The van der Waals surface area contributed by atoms with E-state index in [1.807, 2.05) is 0 Å². The van der Waals surface area contributed by atoms with Crippen molar-refractivity contribution in [2.75, 3.05) is 0 Å². The maximum atomic E-state index is 11.0. The summed E-state index contributed by atoms with van der Waals surface area (Å²) in [5.74, 6) is 0. The monoisotopic (exact) mass is 248 g/mol. The van der Waals surface area contributed by atoms with Crippen LogP contribution in [0.2, 0.25) is 0 Å². The quantitative estimate of drug-likeness (QED) is 0.597. The molecule has 14 heavy (non-hydrogen) atoms. The standard InChI is InChI=1S/C7H5ClN2O2S2/c8-14(11,12)4-1-5-7(6(13)2-4)10-3-9-5/h1-3,13H,(H,9,10). The van der Waals surface area contributed by atoms with Crippen molar-refractivity contribution in [1.29, 1.82) is 0 Å². The maximum absolute atomic E-state index is 11.0. The summed E-state index contributed by atoms with van der Waals surface area (Å²) in [4.78, 5) is 7.25.